The first-order valence-corrected chi connectivity index (χ1v) is 15.9. The van der Waals surface area contributed by atoms with Crippen LogP contribution in [0.5, 0.6) is 5.75 Å². The Morgan fingerprint density at radius 2 is 1.55 bits per heavy atom. The van der Waals surface area contributed by atoms with Gasteiger partial charge in [0.25, 0.3) is 10.0 Å². The normalized spacial score (nSPS) is 14.6. The summed E-state index contributed by atoms with van der Waals surface area (Å²) >= 11 is 0. The van der Waals surface area contributed by atoms with E-state index >= 15 is 0 Å². The van der Waals surface area contributed by atoms with E-state index in [1.807, 2.05) is 50.2 Å². The molecule has 1 atom stereocenters. The molecule has 9 heteroatoms. The molecule has 3 aromatic rings. The number of aryl methyl sites for hydroxylation is 2. The monoisotopic (exact) mass is 591 g/mol. The fourth-order valence-electron chi connectivity index (χ4n) is 5.20. The molecule has 42 heavy (non-hydrogen) atoms. The lowest BCUT2D eigenvalue weighted by atomic mass is 9.95. The molecule has 2 amide bonds. The Bertz CT molecular complexity index is 1470. The van der Waals surface area contributed by atoms with E-state index in [0.29, 0.717) is 11.4 Å². The third kappa shape index (κ3) is 7.70. The Balaban J connectivity index is 1.68. The van der Waals surface area contributed by atoms with Crippen molar-refractivity contribution < 1.29 is 22.7 Å². The van der Waals surface area contributed by atoms with E-state index in [1.165, 1.54) is 4.90 Å². The molecule has 0 radical (unpaired) electrons. The zero-order valence-corrected chi connectivity index (χ0v) is 25.7. The van der Waals surface area contributed by atoms with E-state index in [2.05, 4.69) is 5.32 Å². The van der Waals surface area contributed by atoms with Gasteiger partial charge in [-0.2, -0.15) is 0 Å². The molecule has 3 aromatic carbocycles. The average molecular weight is 592 g/mol. The van der Waals surface area contributed by atoms with Gasteiger partial charge in [-0.1, -0.05) is 66.8 Å². The first kappa shape index (κ1) is 31.1. The van der Waals surface area contributed by atoms with Crippen LogP contribution in [-0.4, -0.2) is 50.9 Å². The smallest absolute Gasteiger partial charge is 0.264 e. The van der Waals surface area contributed by atoms with Crippen LogP contribution in [0.2, 0.25) is 0 Å². The highest BCUT2D eigenvalue weighted by atomic mass is 32.2. The molecule has 8 nitrogen and oxygen atoms in total. The highest BCUT2D eigenvalue weighted by molar-refractivity contribution is 7.92. The minimum atomic E-state index is -4.10. The Morgan fingerprint density at radius 1 is 0.929 bits per heavy atom. The Hall–Kier alpha value is -3.85. The van der Waals surface area contributed by atoms with Gasteiger partial charge in [-0.05, 0) is 75.6 Å². The second-order valence-electron chi connectivity index (χ2n) is 11.1. The van der Waals surface area contributed by atoms with Gasteiger partial charge >= 0.3 is 0 Å². The summed E-state index contributed by atoms with van der Waals surface area (Å²) in [6.07, 6.45) is 5.12. The lowest BCUT2D eigenvalue weighted by Gasteiger charge is -2.33. The number of ether oxygens (including phenoxy) is 1. The van der Waals surface area contributed by atoms with Crippen LogP contribution in [-0.2, 0) is 26.2 Å². The van der Waals surface area contributed by atoms with Gasteiger partial charge in [0, 0.05) is 12.6 Å². The minimum absolute atomic E-state index is 0.0773. The lowest BCUT2D eigenvalue weighted by molar-refractivity contribution is -0.139. The molecule has 0 saturated heterocycles. The molecule has 0 aromatic heterocycles. The highest BCUT2D eigenvalue weighted by Crippen LogP contribution is 2.26. The van der Waals surface area contributed by atoms with Gasteiger partial charge in [0.05, 0.1) is 17.7 Å². The van der Waals surface area contributed by atoms with Crippen molar-refractivity contribution in [3.63, 3.8) is 0 Å². The van der Waals surface area contributed by atoms with Gasteiger partial charge in [0.1, 0.15) is 18.3 Å². The van der Waals surface area contributed by atoms with Crippen molar-refractivity contribution in [2.45, 2.75) is 76.4 Å². The molecule has 0 spiro atoms. The van der Waals surface area contributed by atoms with Crippen molar-refractivity contribution in [1.29, 1.82) is 0 Å². The number of hydrogen-bond donors (Lipinski definition) is 1. The van der Waals surface area contributed by atoms with Crippen LogP contribution in [0.3, 0.4) is 0 Å². The van der Waals surface area contributed by atoms with Gasteiger partial charge in [-0.3, -0.25) is 13.9 Å². The van der Waals surface area contributed by atoms with Crippen molar-refractivity contribution in [1.82, 2.24) is 10.2 Å². The zero-order valence-electron chi connectivity index (χ0n) is 24.9. The fourth-order valence-corrected chi connectivity index (χ4v) is 6.61. The SMILES string of the molecule is COc1cccc(CN(C(=O)CN(c2ccc(C)cc2)S(=O)(=O)c2ccc(C)cc2)C(C)C(=O)NC2CCCCC2)c1. The molecule has 1 fully saturated rings. The van der Waals surface area contributed by atoms with Crippen molar-refractivity contribution in [2.75, 3.05) is 18.0 Å². The molecule has 1 saturated carbocycles. The summed E-state index contributed by atoms with van der Waals surface area (Å²) in [4.78, 5) is 29.1. The standard InChI is InChI=1S/C33H41N3O5S/c1-24-13-17-29(18-14-24)36(42(39,40)31-19-15-25(2)16-20-31)23-32(37)35(22-27-9-8-12-30(21-27)41-4)26(3)33(38)34-28-10-6-5-7-11-28/h8-9,12-21,26,28H,5-7,10-11,22-23H2,1-4H3,(H,34,38). The molecular weight excluding hydrogens is 550 g/mol. The molecule has 0 aliphatic heterocycles. The van der Waals surface area contributed by atoms with Gasteiger partial charge in [-0.15, -0.1) is 0 Å². The van der Waals surface area contributed by atoms with Crippen molar-refractivity contribution in [2.24, 2.45) is 0 Å². The maximum absolute atomic E-state index is 14.1. The summed E-state index contributed by atoms with van der Waals surface area (Å²) in [5.74, 6) is -0.107. The number of nitrogens with zero attached hydrogens (tertiary/aromatic N) is 2. The molecule has 0 bridgehead atoms. The molecule has 1 aliphatic carbocycles. The van der Waals surface area contributed by atoms with E-state index in [1.54, 1.807) is 50.4 Å². The number of carbonyl (C=O) groups is 2. The molecular formula is C33H41N3O5S. The number of anilines is 1. The summed E-state index contributed by atoms with van der Waals surface area (Å²) < 4.78 is 34.4. The van der Waals surface area contributed by atoms with Gasteiger partial charge < -0.3 is 15.0 Å². The number of nitrogens with one attached hydrogen (secondary N) is 1. The number of carbonyl (C=O) groups excluding carboxylic acids is 2. The quantitative estimate of drug-likeness (QED) is 0.323. The largest absolute Gasteiger partial charge is 0.497 e. The van der Waals surface area contributed by atoms with Gasteiger partial charge in [0.15, 0.2) is 0 Å². The van der Waals surface area contributed by atoms with Crippen LogP contribution in [0.1, 0.15) is 55.7 Å². The van der Waals surface area contributed by atoms with Crippen LogP contribution in [0, 0.1) is 13.8 Å². The number of benzene rings is 3. The minimum Gasteiger partial charge on any atom is -0.497 e. The molecule has 1 aliphatic rings. The summed E-state index contributed by atoms with van der Waals surface area (Å²) in [7, 11) is -2.53. The van der Waals surface area contributed by atoms with Gasteiger partial charge in [-0.25, -0.2) is 8.42 Å². The number of amides is 2. The van der Waals surface area contributed by atoms with Crippen molar-refractivity contribution >= 4 is 27.5 Å². The molecule has 0 heterocycles. The fraction of sp³-hybridized carbons (Fsp3) is 0.394. The first-order chi connectivity index (χ1) is 20.1. The number of rotatable bonds is 11. The second kappa shape index (κ2) is 13.9. The van der Waals surface area contributed by atoms with E-state index in [-0.39, 0.29) is 23.4 Å². The zero-order chi connectivity index (χ0) is 30.3. The van der Waals surface area contributed by atoms with Gasteiger partial charge in [0.2, 0.25) is 11.8 Å². The molecule has 1 N–H and O–H groups in total. The van der Waals surface area contributed by atoms with E-state index < -0.39 is 28.5 Å². The van der Waals surface area contributed by atoms with Crippen LogP contribution in [0.4, 0.5) is 5.69 Å². The third-order valence-corrected chi connectivity index (χ3v) is 9.60. The highest BCUT2D eigenvalue weighted by Gasteiger charge is 2.33. The lowest BCUT2D eigenvalue weighted by Crippen LogP contribution is -2.53. The number of methoxy groups -OCH3 is 1. The van der Waals surface area contributed by atoms with Crippen LogP contribution >= 0.6 is 0 Å². The molecule has 4 rings (SSSR count). The summed E-state index contributed by atoms with van der Waals surface area (Å²) in [6, 6.07) is 20.1. The average Bonchev–Trinajstić information content (AvgIpc) is 2.99. The van der Waals surface area contributed by atoms with E-state index in [4.69, 9.17) is 4.74 Å². The van der Waals surface area contributed by atoms with Crippen LogP contribution < -0.4 is 14.4 Å². The predicted octanol–water partition coefficient (Wildman–Crippen LogP) is 5.37. The second-order valence-corrected chi connectivity index (χ2v) is 12.9. The molecule has 224 valence electrons. The van der Waals surface area contributed by atoms with Crippen molar-refractivity contribution in [3.8, 4) is 5.75 Å². The summed E-state index contributed by atoms with van der Waals surface area (Å²) in [6.45, 7) is 5.14. The Morgan fingerprint density at radius 3 is 2.17 bits per heavy atom. The molecule has 1 unspecified atom stereocenters. The maximum Gasteiger partial charge on any atom is 0.264 e. The Kier molecular flexibility index (Phi) is 10.3. The summed E-state index contributed by atoms with van der Waals surface area (Å²) in [5.41, 5.74) is 3.03. The van der Waals surface area contributed by atoms with E-state index in [0.717, 1.165) is 53.1 Å². The van der Waals surface area contributed by atoms with Crippen molar-refractivity contribution in [3.05, 3.63) is 89.5 Å². The number of sulfonamides is 1. The summed E-state index contributed by atoms with van der Waals surface area (Å²) in [5, 5.41) is 3.13. The topological polar surface area (TPSA) is 96.0 Å². The number of hydrogen-bond acceptors (Lipinski definition) is 5. The maximum atomic E-state index is 14.1. The first-order valence-electron chi connectivity index (χ1n) is 14.5. The Labute approximate surface area is 249 Å². The third-order valence-electron chi connectivity index (χ3n) is 7.82. The van der Waals surface area contributed by atoms with Crippen LogP contribution in [0.15, 0.2) is 77.7 Å². The predicted molar refractivity (Wildman–Crippen MR) is 165 cm³/mol. The van der Waals surface area contributed by atoms with Crippen LogP contribution in [0.25, 0.3) is 0 Å². The van der Waals surface area contributed by atoms with E-state index in [9.17, 15) is 18.0 Å².